The molecule has 1 N–H and O–H groups in total. The maximum atomic E-state index is 4.25. The fourth-order valence-corrected chi connectivity index (χ4v) is 1.84. The minimum atomic E-state index is 0.492. The highest BCUT2D eigenvalue weighted by molar-refractivity contribution is 5.33. The van der Waals surface area contributed by atoms with Crippen molar-refractivity contribution in [3.63, 3.8) is 0 Å². The second kappa shape index (κ2) is 5.78. The first-order valence-electron chi connectivity index (χ1n) is 6.42. The van der Waals surface area contributed by atoms with Gasteiger partial charge in [0.25, 0.3) is 0 Å². The SMILES string of the molecule is CCC(C)NCc1nnc(C)n1-c1ccccc1. The molecule has 0 amide bonds. The number of aryl methyl sites for hydroxylation is 1. The highest BCUT2D eigenvalue weighted by Gasteiger charge is 2.10. The predicted molar refractivity (Wildman–Crippen MR) is 72.7 cm³/mol. The molecule has 2 rings (SSSR count). The van der Waals surface area contributed by atoms with E-state index in [4.69, 9.17) is 0 Å². The first-order valence-corrected chi connectivity index (χ1v) is 6.42. The molecule has 0 aliphatic heterocycles. The molecular weight excluding hydrogens is 224 g/mol. The zero-order valence-corrected chi connectivity index (χ0v) is 11.2. The molecule has 0 saturated carbocycles. The molecule has 2 aromatic rings. The highest BCUT2D eigenvalue weighted by atomic mass is 15.3. The molecule has 0 fully saturated rings. The summed E-state index contributed by atoms with van der Waals surface area (Å²) in [4.78, 5) is 0. The van der Waals surface area contributed by atoms with E-state index in [-0.39, 0.29) is 0 Å². The highest BCUT2D eigenvalue weighted by Crippen LogP contribution is 2.12. The van der Waals surface area contributed by atoms with Crippen LogP contribution in [0.5, 0.6) is 0 Å². The van der Waals surface area contributed by atoms with Crippen molar-refractivity contribution < 1.29 is 0 Å². The Hall–Kier alpha value is -1.68. The molecule has 1 heterocycles. The van der Waals surface area contributed by atoms with Gasteiger partial charge in [0.1, 0.15) is 5.82 Å². The van der Waals surface area contributed by atoms with E-state index in [0.717, 1.165) is 30.3 Å². The topological polar surface area (TPSA) is 42.7 Å². The Morgan fingerprint density at radius 2 is 1.94 bits per heavy atom. The lowest BCUT2D eigenvalue weighted by molar-refractivity contribution is 0.519. The van der Waals surface area contributed by atoms with Crippen LogP contribution in [0.15, 0.2) is 30.3 Å². The quantitative estimate of drug-likeness (QED) is 0.878. The van der Waals surface area contributed by atoms with Crippen LogP contribution in [0.25, 0.3) is 5.69 Å². The van der Waals surface area contributed by atoms with Crippen LogP contribution in [0.4, 0.5) is 0 Å². The van der Waals surface area contributed by atoms with E-state index in [9.17, 15) is 0 Å². The molecule has 1 aromatic heterocycles. The smallest absolute Gasteiger partial charge is 0.151 e. The van der Waals surface area contributed by atoms with E-state index in [2.05, 4.69) is 46.1 Å². The van der Waals surface area contributed by atoms with Gasteiger partial charge in [-0.1, -0.05) is 25.1 Å². The summed E-state index contributed by atoms with van der Waals surface area (Å²) in [5, 5.41) is 11.9. The molecule has 0 aliphatic carbocycles. The summed E-state index contributed by atoms with van der Waals surface area (Å²) in [6.45, 7) is 7.07. The second-order valence-electron chi connectivity index (χ2n) is 4.52. The van der Waals surface area contributed by atoms with E-state index in [1.54, 1.807) is 0 Å². The second-order valence-corrected chi connectivity index (χ2v) is 4.52. The zero-order valence-electron chi connectivity index (χ0n) is 11.2. The Morgan fingerprint density at radius 1 is 1.22 bits per heavy atom. The summed E-state index contributed by atoms with van der Waals surface area (Å²) < 4.78 is 2.09. The van der Waals surface area contributed by atoms with E-state index in [1.165, 1.54) is 0 Å². The van der Waals surface area contributed by atoms with Crippen LogP contribution in [0.2, 0.25) is 0 Å². The molecule has 18 heavy (non-hydrogen) atoms. The average molecular weight is 244 g/mol. The van der Waals surface area contributed by atoms with E-state index < -0.39 is 0 Å². The van der Waals surface area contributed by atoms with E-state index in [0.29, 0.717) is 6.04 Å². The molecule has 0 aliphatic rings. The van der Waals surface area contributed by atoms with Crippen LogP contribution < -0.4 is 5.32 Å². The monoisotopic (exact) mass is 244 g/mol. The van der Waals surface area contributed by atoms with Crippen molar-refractivity contribution >= 4 is 0 Å². The van der Waals surface area contributed by atoms with Crippen molar-refractivity contribution in [2.24, 2.45) is 0 Å². The van der Waals surface area contributed by atoms with Crippen LogP contribution in [0.1, 0.15) is 31.9 Å². The Bertz CT molecular complexity index is 490. The fraction of sp³-hybridized carbons (Fsp3) is 0.429. The van der Waals surface area contributed by atoms with Gasteiger partial charge in [0.05, 0.1) is 6.54 Å². The number of nitrogens with zero attached hydrogens (tertiary/aromatic N) is 3. The summed E-state index contributed by atoms with van der Waals surface area (Å²) in [7, 11) is 0. The number of benzene rings is 1. The lowest BCUT2D eigenvalue weighted by atomic mass is 10.2. The molecule has 0 bridgehead atoms. The summed E-state index contributed by atoms with van der Waals surface area (Å²) in [5.41, 5.74) is 1.11. The average Bonchev–Trinajstić information content (AvgIpc) is 2.78. The maximum absolute atomic E-state index is 4.25. The number of hydrogen-bond acceptors (Lipinski definition) is 3. The summed E-state index contributed by atoms with van der Waals surface area (Å²) in [5.74, 6) is 1.88. The molecule has 0 saturated heterocycles. The molecule has 96 valence electrons. The summed E-state index contributed by atoms with van der Waals surface area (Å²) in [6.07, 6.45) is 1.11. The zero-order chi connectivity index (χ0) is 13.0. The number of rotatable bonds is 5. The Labute approximate surface area is 108 Å². The molecule has 0 spiro atoms. The minimum absolute atomic E-state index is 0.492. The van der Waals surface area contributed by atoms with Gasteiger partial charge < -0.3 is 5.32 Å². The molecular formula is C14H20N4. The predicted octanol–water partition coefficient (Wildman–Crippen LogP) is 2.46. The normalized spacial score (nSPS) is 12.6. The van der Waals surface area contributed by atoms with Gasteiger partial charge >= 0.3 is 0 Å². The Balaban J connectivity index is 2.23. The Kier molecular flexibility index (Phi) is 4.10. The summed E-state index contributed by atoms with van der Waals surface area (Å²) in [6, 6.07) is 10.7. The van der Waals surface area contributed by atoms with Gasteiger partial charge in [-0.3, -0.25) is 4.57 Å². The van der Waals surface area contributed by atoms with Crippen molar-refractivity contribution in [1.29, 1.82) is 0 Å². The first kappa shape index (κ1) is 12.8. The molecule has 1 atom stereocenters. The van der Waals surface area contributed by atoms with Crippen LogP contribution in [-0.4, -0.2) is 20.8 Å². The number of para-hydroxylation sites is 1. The molecule has 4 nitrogen and oxygen atoms in total. The van der Waals surface area contributed by atoms with Gasteiger partial charge in [0.15, 0.2) is 5.82 Å². The number of nitrogens with one attached hydrogen (secondary N) is 1. The van der Waals surface area contributed by atoms with Crippen LogP contribution in [0.3, 0.4) is 0 Å². The van der Waals surface area contributed by atoms with Crippen molar-refractivity contribution in [2.45, 2.75) is 39.8 Å². The largest absolute Gasteiger partial charge is 0.307 e. The standard InChI is InChI=1S/C14H20N4/c1-4-11(2)15-10-14-17-16-12(3)18(14)13-8-6-5-7-9-13/h5-9,11,15H,4,10H2,1-3H3. The van der Waals surface area contributed by atoms with Gasteiger partial charge in [-0.15, -0.1) is 10.2 Å². The van der Waals surface area contributed by atoms with E-state index in [1.807, 2.05) is 25.1 Å². The summed E-state index contributed by atoms with van der Waals surface area (Å²) >= 11 is 0. The van der Waals surface area contributed by atoms with Crippen molar-refractivity contribution in [3.8, 4) is 5.69 Å². The number of hydrogen-bond donors (Lipinski definition) is 1. The van der Waals surface area contributed by atoms with Crippen LogP contribution in [0, 0.1) is 6.92 Å². The minimum Gasteiger partial charge on any atom is -0.307 e. The third-order valence-corrected chi connectivity index (χ3v) is 3.13. The van der Waals surface area contributed by atoms with Gasteiger partial charge in [0.2, 0.25) is 0 Å². The molecule has 1 unspecified atom stereocenters. The van der Waals surface area contributed by atoms with Crippen LogP contribution >= 0.6 is 0 Å². The van der Waals surface area contributed by atoms with Crippen molar-refractivity contribution in [1.82, 2.24) is 20.1 Å². The molecule has 4 heteroatoms. The first-order chi connectivity index (χ1) is 8.72. The van der Waals surface area contributed by atoms with Gasteiger partial charge in [0, 0.05) is 11.7 Å². The van der Waals surface area contributed by atoms with Crippen molar-refractivity contribution in [2.75, 3.05) is 0 Å². The van der Waals surface area contributed by atoms with Crippen molar-refractivity contribution in [3.05, 3.63) is 42.0 Å². The van der Waals surface area contributed by atoms with Crippen LogP contribution in [-0.2, 0) is 6.54 Å². The van der Waals surface area contributed by atoms with Gasteiger partial charge in [-0.2, -0.15) is 0 Å². The van der Waals surface area contributed by atoms with E-state index >= 15 is 0 Å². The third-order valence-electron chi connectivity index (χ3n) is 3.13. The fourth-order valence-electron chi connectivity index (χ4n) is 1.84. The third kappa shape index (κ3) is 2.76. The van der Waals surface area contributed by atoms with Gasteiger partial charge in [-0.25, -0.2) is 0 Å². The molecule has 0 radical (unpaired) electrons. The lowest BCUT2D eigenvalue weighted by Crippen LogP contribution is -2.26. The Morgan fingerprint density at radius 3 is 2.61 bits per heavy atom. The molecule has 1 aromatic carbocycles. The maximum Gasteiger partial charge on any atom is 0.151 e. The lowest BCUT2D eigenvalue weighted by Gasteiger charge is -2.12. The number of aromatic nitrogens is 3. The van der Waals surface area contributed by atoms with Gasteiger partial charge in [-0.05, 0) is 32.4 Å².